The molecule has 0 aliphatic rings. The van der Waals surface area contributed by atoms with Gasteiger partial charge < -0.3 is 0 Å². The molecule has 0 atom stereocenters. The second-order valence-electron chi connectivity index (χ2n) is 2.80. The van der Waals surface area contributed by atoms with Gasteiger partial charge in [-0.3, -0.25) is 9.59 Å². The standard InChI is InChI=1S/C10H7Cl3O2/c11-5-8(14)6-1-3-7(4-2-6)9(15)10(12)13/h1-4,10H,5H2. The predicted octanol–water partition coefficient (Wildman–Crippen LogP) is 3.09. The van der Waals surface area contributed by atoms with Crippen LogP contribution >= 0.6 is 34.8 Å². The maximum Gasteiger partial charge on any atom is 0.195 e. The molecule has 0 bridgehead atoms. The van der Waals surface area contributed by atoms with Crippen LogP contribution in [0.15, 0.2) is 24.3 Å². The zero-order valence-electron chi connectivity index (χ0n) is 7.54. The summed E-state index contributed by atoms with van der Waals surface area (Å²) in [6, 6.07) is 6.04. The quantitative estimate of drug-likeness (QED) is 0.619. The van der Waals surface area contributed by atoms with Crippen molar-refractivity contribution >= 4 is 46.4 Å². The molecule has 0 amide bonds. The van der Waals surface area contributed by atoms with Crippen molar-refractivity contribution in [2.75, 3.05) is 5.88 Å². The van der Waals surface area contributed by atoms with Crippen molar-refractivity contribution in [3.05, 3.63) is 35.4 Å². The second-order valence-corrected chi connectivity index (χ2v) is 4.16. The molecule has 15 heavy (non-hydrogen) atoms. The van der Waals surface area contributed by atoms with E-state index in [-0.39, 0.29) is 17.4 Å². The molecule has 0 aliphatic carbocycles. The molecule has 0 saturated heterocycles. The number of carbonyl (C=O) groups is 2. The van der Waals surface area contributed by atoms with Crippen molar-refractivity contribution in [1.29, 1.82) is 0 Å². The van der Waals surface area contributed by atoms with E-state index in [1.54, 1.807) is 0 Å². The summed E-state index contributed by atoms with van der Waals surface area (Å²) < 4.78 is 0. The van der Waals surface area contributed by atoms with Crippen LogP contribution in [0.5, 0.6) is 0 Å². The van der Waals surface area contributed by atoms with Gasteiger partial charge in [0.25, 0.3) is 0 Å². The highest BCUT2D eigenvalue weighted by Crippen LogP contribution is 2.13. The van der Waals surface area contributed by atoms with E-state index in [2.05, 4.69) is 0 Å². The van der Waals surface area contributed by atoms with Crippen LogP contribution in [0.2, 0.25) is 0 Å². The molecule has 0 N–H and O–H groups in total. The van der Waals surface area contributed by atoms with Gasteiger partial charge in [0.15, 0.2) is 16.4 Å². The van der Waals surface area contributed by atoms with Crippen molar-refractivity contribution < 1.29 is 9.59 Å². The number of rotatable bonds is 4. The summed E-state index contributed by atoms with van der Waals surface area (Å²) in [5.41, 5.74) is 0.832. The van der Waals surface area contributed by atoms with Crippen molar-refractivity contribution in [2.24, 2.45) is 0 Å². The van der Waals surface area contributed by atoms with Crippen molar-refractivity contribution in [3.63, 3.8) is 0 Å². The molecule has 0 fully saturated rings. The summed E-state index contributed by atoms with van der Waals surface area (Å²) in [6.07, 6.45) is 0. The van der Waals surface area contributed by atoms with Gasteiger partial charge >= 0.3 is 0 Å². The lowest BCUT2D eigenvalue weighted by molar-refractivity contribution is 0.0999. The van der Waals surface area contributed by atoms with Crippen LogP contribution in [0.25, 0.3) is 0 Å². The van der Waals surface area contributed by atoms with Gasteiger partial charge in [-0.05, 0) is 0 Å². The van der Waals surface area contributed by atoms with Gasteiger partial charge in [-0.2, -0.15) is 0 Å². The summed E-state index contributed by atoms with van der Waals surface area (Å²) in [7, 11) is 0. The lowest BCUT2D eigenvalue weighted by Crippen LogP contribution is -2.08. The zero-order valence-corrected chi connectivity index (χ0v) is 9.81. The number of alkyl halides is 3. The maximum atomic E-state index is 11.3. The molecule has 1 rings (SSSR count). The molecule has 80 valence electrons. The number of halogens is 3. The molecule has 0 saturated carbocycles. The van der Waals surface area contributed by atoms with Gasteiger partial charge in [0.2, 0.25) is 0 Å². The fourth-order valence-corrected chi connectivity index (χ4v) is 1.43. The number of ketones is 2. The molecule has 5 heteroatoms. The second kappa shape index (κ2) is 5.50. The largest absolute Gasteiger partial charge is 0.293 e. The Bertz CT molecular complexity index is 371. The third-order valence-corrected chi connectivity index (χ3v) is 2.45. The molecular formula is C10H7Cl3O2. The van der Waals surface area contributed by atoms with Gasteiger partial charge in [-0.1, -0.05) is 47.5 Å². The van der Waals surface area contributed by atoms with Crippen LogP contribution in [0.4, 0.5) is 0 Å². The Hall–Kier alpha value is -0.570. The average molecular weight is 266 g/mol. The molecule has 0 spiro atoms. The molecular weight excluding hydrogens is 258 g/mol. The van der Waals surface area contributed by atoms with E-state index in [1.807, 2.05) is 0 Å². The van der Waals surface area contributed by atoms with Crippen molar-refractivity contribution in [2.45, 2.75) is 4.84 Å². The number of hydrogen-bond donors (Lipinski definition) is 0. The van der Waals surface area contributed by atoms with E-state index in [4.69, 9.17) is 34.8 Å². The summed E-state index contributed by atoms with van der Waals surface area (Å²) in [6.45, 7) is 0. The van der Waals surface area contributed by atoms with E-state index in [0.29, 0.717) is 11.1 Å². The highest BCUT2D eigenvalue weighted by atomic mass is 35.5. The third kappa shape index (κ3) is 3.20. The minimum atomic E-state index is -1.08. The zero-order chi connectivity index (χ0) is 11.4. The Labute approximate surface area is 102 Å². The molecule has 0 heterocycles. The fourth-order valence-electron chi connectivity index (χ4n) is 1.02. The van der Waals surface area contributed by atoms with Crippen LogP contribution in [-0.2, 0) is 0 Å². The van der Waals surface area contributed by atoms with E-state index >= 15 is 0 Å². The topological polar surface area (TPSA) is 34.1 Å². The van der Waals surface area contributed by atoms with Gasteiger partial charge in [0.1, 0.15) is 0 Å². The third-order valence-electron chi connectivity index (χ3n) is 1.81. The van der Waals surface area contributed by atoms with Crippen molar-refractivity contribution in [3.8, 4) is 0 Å². The monoisotopic (exact) mass is 264 g/mol. The fraction of sp³-hybridized carbons (Fsp3) is 0.200. The summed E-state index contributed by atoms with van der Waals surface area (Å²) in [5.74, 6) is -0.659. The minimum absolute atomic E-state index is 0.0824. The van der Waals surface area contributed by atoms with E-state index in [0.717, 1.165) is 0 Å². The molecule has 0 aromatic heterocycles. The lowest BCUT2D eigenvalue weighted by Gasteiger charge is -2.02. The summed E-state index contributed by atoms with van der Waals surface area (Å²) in [4.78, 5) is 21.4. The van der Waals surface area contributed by atoms with Crippen molar-refractivity contribution in [1.82, 2.24) is 0 Å². The molecule has 1 aromatic carbocycles. The van der Waals surface area contributed by atoms with Gasteiger partial charge in [-0.25, -0.2) is 0 Å². The number of hydrogen-bond acceptors (Lipinski definition) is 2. The molecule has 1 aromatic rings. The molecule has 2 nitrogen and oxygen atoms in total. The van der Waals surface area contributed by atoms with Crippen LogP contribution in [0.3, 0.4) is 0 Å². The highest BCUT2D eigenvalue weighted by Gasteiger charge is 2.14. The van der Waals surface area contributed by atoms with E-state index < -0.39 is 4.84 Å². The number of benzene rings is 1. The smallest absolute Gasteiger partial charge is 0.195 e. The first-order valence-electron chi connectivity index (χ1n) is 4.08. The predicted molar refractivity (Wildman–Crippen MR) is 61.3 cm³/mol. The molecule has 0 radical (unpaired) electrons. The average Bonchev–Trinajstić information content (AvgIpc) is 2.27. The van der Waals surface area contributed by atoms with Crippen LogP contribution < -0.4 is 0 Å². The normalized spacial score (nSPS) is 10.4. The lowest BCUT2D eigenvalue weighted by atomic mass is 10.1. The minimum Gasteiger partial charge on any atom is -0.293 e. The highest BCUT2D eigenvalue weighted by molar-refractivity contribution is 6.55. The molecule has 0 unspecified atom stereocenters. The van der Waals surface area contributed by atoms with Crippen LogP contribution in [0.1, 0.15) is 20.7 Å². The van der Waals surface area contributed by atoms with Crippen LogP contribution in [0, 0.1) is 0 Å². The van der Waals surface area contributed by atoms with E-state index in [9.17, 15) is 9.59 Å². The maximum absolute atomic E-state index is 11.3. The summed E-state index contributed by atoms with van der Waals surface area (Å²) in [5, 5.41) is 0. The first-order chi connectivity index (χ1) is 7.06. The number of carbonyl (C=O) groups excluding carboxylic acids is 2. The van der Waals surface area contributed by atoms with Gasteiger partial charge in [0, 0.05) is 11.1 Å². The Morgan fingerprint density at radius 1 is 1.07 bits per heavy atom. The van der Waals surface area contributed by atoms with E-state index in [1.165, 1.54) is 24.3 Å². The Morgan fingerprint density at radius 2 is 1.53 bits per heavy atom. The Balaban J connectivity index is 2.90. The first-order valence-corrected chi connectivity index (χ1v) is 5.48. The number of Topliss-reactive ketones (excluding diaryl/α,β-unsaturated/α-hetero) is 2. The van der Waals surface area contributed by atoms with Gasteiger partial charge in [-0.15, -0.1) is 11.6 Å². The SMILES string of the molecule is O=C(CCl)c1ccc(C(=O)C(Cl)Cl)cc1. The Morgan fingerprint density at radius 3 is 1.93 bits per heavy atom. The first kappa shape index (κ1) is 12.5. The molecule has 0 aliphatic heterocycles. The van der Waals surface area contributed by atoms with Crippen LogP contribution in [-0.4, -0.2) is 22.3 Å². The Kier molecular flexibility index (Phi) is 4.58. The van der Waals surface area contributed by atoms with Gasteiger partial charge in [0.05, 0.1) is 5.88 Å². The summed E-state index contributed by atoms with van der Waals surface area (Å²) >= 11 is 16.2.